The number of anilines is 1. The average Bonchev–Trinajstić information content (AvgIpc) is 2.94. The van der Waals surface area contributed by atoms with Gasteiger partial charge in [0.1, 0.15) is 23.3 Å². The van der Waals surface area contributed by atoms with Gasteiger partial charge in [0.15, 0.2) is 17.6 Å². The summed E-state index contributed by atoms with van der Waals surface area (Å²) in [6, 6.07) is 0. The Morgan fingerprint density at radius 1 is 1.42 bits per heavy atom. The zero-order chi connectivity index (χ0) is 13.6. The van der Waals surface area contributed by atoms with Crippen LogP contribution in [0.5, 0.6) is 0 Å². The number of imidazole rings is 1. The minimum Gasteiger partial charge on any atom is -0.395 e. The molecular weight excluding hydrogens is 273 g/mol. The summed E-state index contributed by atoms with van der Waals surface area (Å²) in [5.41, 5.74) is 6.48. The third-order valence-electron chi connectivity index (χ3n) is 3.13. The standard InChI is InChI=1S/C10H12FN5O2S/c11-5-7(18)4(1-17)19-10(5)16-3-15-6-8(12)13-2-14-9(6)16/h2-5,7,10,17-18H,1H2,(H2,12,13,14)/t4-,5+,7-,10+/m0/s1. The number of nitrogens with two attached hydrogens (primary N) is 1. The maximum Gasteiger partial charge on any atom is 0.166 e. The topological polar surface area (TPSA) is 110 Å². The van der Waals surface area contributed by atoms with Crippen molar-refractivity contribution in [2.45, 2.75) is 22.9 Å². The Labute approximate surface area is 111 Å². The van der Waals surface area contributed by atoms with Gasteiger partial charge < -0.3 is 15.9 Å². The molecule has 1 aliphatic heterocycles. The van der Waals surface area contributed by atoms with Gasteiger partial charge in [0.05, 0.1) is 18.2 Å². The molecule has 3 rings (SSSR count). The van der Waals surface area contributed by atoms with E-state index in [1.165, 1.54) is 17.2 Å². The second-order valence-electron chi connectivity index (χ2n) is 4.27. The van der Waals surface area contributed by atoms with E-state index < -0.39 is 22.9 Å². The third kappa shape index (κ3) is 1.85. The fraction of sp³-hybridized carbons (Fsp3) is 0.500. The average molecular weight is 285 g/mol. The quantitative estimate of drug-likeness (QED) is 0.695. The van der Waals surface area contributed by atoms with Crippen molar-refractivity contribution in [2.24, 2.45) is 0 Å². The fourth-order valence-electron chi connectivity index (χ4n) is 2.13. The first-order valence-corrected chi connectivity index (χ1v) is 6.59. The lowest BCUT2D eigenvalue weighted by Crippen LogP contribution is -2.29. The lowest BCUT2D eigenvalue weighted by Gasteiger charge is -2.14. The lowest BCUT2D eigenvalue weighted by atomic mass is 10.1. The number of hydrogen-bond donors (Lipinski definition) is 3. The number of fused-ring (bicyclic) bond motifs is 1. The number of nitrogen functional groups attached to an aromatic ring is 1. The first-order valence-electron chi connectivity index (χ1n) is 5.65. The van der Waals surface area contributed by atoms with Crippen molar-refractivity contribution in [3.63, 3.8) is 0 Å². The molecule has 1 fully saturated rings. The van der Waals surface area contributed by atoms with E-state index in [4.69, 9.17) is 10.8 Å². The molecule has 4 N–H and O–H groups in total. The van der Waals surface area contributed by atoms with E-state index in [0.29, 0.717) is 11.2 Å². The van der Waals surface area contributed by atoms with Gasteiger partial charge >= 0.3 is 0 Å². The van der Waals surface area contributed by atoms with Gasteiger partial charge in [-0.05, 0) is 0 Å². The fourth-order valence-corrected chi connectivity index (χ4v) is 3.49. The first kappa shape index (κ1) is 12.6. The largest absolute Gasteiger partial charge is 0.395 e. The highest BCUT2D eigenvalue weighted by Gasteiger charge is 2.44. The molecule has 19 heavy (non-hydrogen) atoms. The van der Waals surface area contributed by atoms with Crippen LogP contribution in [0.1, 0.15) is 5.37 Å². The van der Waals surface area contributed by atoms with E-state index in [2.05, 4.69) is 15.0 Å². The second-order valence-corrected chi connectivity index (χ2v) is 5.63. The van der Waals surface area contributed by atoms with Gasteiger partial charge in [0, 0.05) is 0 Å². The molecule has 102 valence electrons. The minimum atomic E-state index is -1.50. The van der Waals surface area contributed by atoms with Crippen LogP contribution in [0, 0.1) is 0 Å². The van der Waals surface area contributed by atoms with Gasteiger partial charge in [-0.1, -0.05) is 0 Å². The van der Waals surface area contributed by atoms with Gasteiger partial charge in [-0.25, -0.2) is 19.3 Å². The van der Waals surface area contributed by atoms with E-state index in [0.717, 1.165) is 11.8 Å². The summed E-state index contributed by atoms with van der Waals surface area (Å²) < 4.78 is 15.6. The summed E-state index contributed by atoms with van der Waals surface area (Å²) in [5, 5.41) is 17.6. The molecule has 0 saturated carbocycles. The molecule has 0 bridgehead atoms. The molecule has 7 nitrogen and oxygen atoms in total. The predicted molar refractivity (Wildman–Crippen MR) is 68.1 cm³/mol. The van der Waals surface area contributed by atoms with Crippen LogP contribution in [-0.4, -0.2) is 53.9 Å². The Kier molecular flexibility index (Phi) is 3.03. The van der Waals surface area contributed by atoms with Crippen molar-refractivity contribution in [3.05, 3.63) is 12.7 Å². The maximum atomic E-state index is 14.1. The zero-order valence-corrected chi connectivity index (χ0v) is 10.5. The van der Waals surface area contributed by atoms with Crippen LogP contribution in [-0.2, 0) is 0 Å². The molecule has 0 spiro atoms. The molecule has 2 aromatic rings. The molecule has 0 amide bonds. The van der Waals surface area contributed by atoms with Crippen molar-refractivity contribution in [1.29, 1.82) is 0 Å². The Bertz CT molecular complexity index is 609. The van der Waals surface area contributed by atoms with E-state index in [-0.39, 0.29) is 12.4 Å². The van der Waals surface area contributed by atoms with Crippen molar-refractivity contribution in [2.75, 3.05) is 12.3 Å². The molecule has 9 heteroatoms. The number of aliphatic hydroxyl groups is 2. The second kappa shape index (κ2) is 4.58. The van der Waals surface area contributed by atoms with E-state index in [1.807, 2.05) is 0 Å². The highest BCUT2D eigenvalue weighted by Crippen LogP contribution is 2.44. The van der Waals surface area contributed by atoms with Gasteiger partial charge in [0.2, 0.25) is 0 Å². The number of aliphatic hydroxyl groups excluding tert-OH is 2. The summed E-state index contributed by atoms with van der Waals surface area (Å²) in [5.74, 6) is 0.224. The zero-order valence-electron chi connectivity index (χ0n) is 9.72. The predicted octanol–water partition coefficient (Wildman–Crippen LogP) is -0.286. The molecule has 0 unspecified atom stereocenters. The van der Waals surface area contributed by atoms with Gasteiger partial charge in [0.25, 0.3) is 0 Å². The number of alkyl halides is 1. The first-order chi connectivity index (χ1) is 9.13. The van der Waals surface area contributed by atoms with Crippen molar-refractivity contribution in [1.82, 2.24) is 19.5 Å². The Balaban J connectivity index is 2.04. The Hall–Kier alpha value is -1.45. The number of nitrogens with zero attached hydrogens (tertiary/aromatic N) is 4. The van der Waals surface area contributed by atoms with Gasteiger partial charge in [-0.2, -0.15) is 0 Å². The summed E-state index contributed by atoms with van der Waals surface area (Å²) in [6.07, 6.45) is -0.0119. The summed E-state index contributed by atoms with van der Waals surface area (Å²) >= 11 is 1.15. The van der Waals surface area contributed by atoms with Crippen LogP contribution >= 0.6 is 11.8 Å². The van der Waals surface area contributed by atoms with Gasteiger partial charge in [-0.15, -0.1) is 11.8 Å². The van der Waals surface area contributed by atoms with Crippen molar-refractivity contribution in [3.8, 4) is 0 Å². The van der Waals surface area contributed by atoms with Crippen LogP contribution in [0.3, 0.4) is 0 Å². The number of halogens is 1. The molecule has 0 aliphatic carbocycles. The van der Waals surface area contributed by atoms with Gasteiger partial charge in [-0.3, -0.25) is 4.57 Å². The normalized spacial score (nSPS) is 31.1. The van der Waals surface area contributed by atoms with E-state index >= 15 is 0 Å². The molecule has 2 aromatic heterocycles. The lowest BCUT2D eigenvalue weighted by molar-refractivity contribution is 0.0642. The minimum absolute atomic E-state index is 0.224. The smallest absolute Gasteiger partial charge is 0.166 e. The molecule has 4 atom stereocenters. The molecular formula is C10H12FN5O2S. The monoisotopic (exact) mass is 285 g/mol. The Morgan fingerprint density at radius 2 is 2.21 bits per heavy atom. The van der Waals surface area contributed by atoms with Crippen molar-refractivity contribution < 1.29 is 14.6 Å². The molecule has 0 radical (unpaired) electrons. The van der Waals surface area contributed by atoms with Crippen LogP contribution in [0.25, 0.3) is 11.2 Å². The summed E-state index contributed by atoms with van der Waals surface area (Å²) in [4.78, 5) is 11.9. The summed E-state index contributed by atoms with van der Waals surface area (Å²) in [7, 11) is 0. The third-order valence-corrected chi connectivity index (χ3v) is 4.68. The van der Waals surface area contributed by atoms with Crippen LogP contribution < -0.4 is 5.73 Å². The molecule has 1 aliphatic rings. The highest BCUT2D eigenvalue weighted by molar-refractivity contribution is 8.00. The summed E-state index contributed by atoms with van der Waals surface area (Å²) in [6.45, 7) is -0.285. The highest BCUT2D eigenvalue weighted by atomic mass is 32.2. The number of thioether (sulfide) groups is 1. The Morgan fingerprint density at radius 3 is 2.89 bits per heavy atom. The molecule has 1 saturated heterocycles. The van der Waals surface area contributed by atoms with Crippen LogP contribution in [0.4, 0.5) is 10.2 Å². The van der Waals surface area contributed by atoms with E-state index in [9.17, 15) is 9.50 Å². The van der Waals surface area contributed by atoms with E-state index in [1.54, 1.807) is 0 Å². The number of rotatable bonds is 2. The van der Waals surface area contributed by atoms with Crippen LogP contribution in [0.2, 0.25) is 0 Å². The van der Waals surface area contributed by atoms with Crippen LogP contribution in [0.15, 0.2) is 12.7 Å². The van der Waals surface area contributed by atoms with Crippen molar-refractivity contribution >= 4 is 28.7 Å². The molecule has 0 aromatic carbocycles. The number of aromatic nitrogens is 4. The number of hydrogen-bond acceptors (Lipinski definition) is 7. The maximum absolute atomic E-state index is 14.1. The SMILES string of the molecule is Nc1ncnc2c1ncn2[C@@H]1S[C@@H](CO)[C@H](O)[C@H]1F. The molecule has 3 heterocycles.